The van der Waals surface area contributed by atoms with Gasteiger partial charge >= 0.3 is 0 Å². The Morgan fingerprint density at radius 2 is 2.00 bits per heavy atom. The van der Waals surface area contributed by atoms with Crippen molar-refractivity contribution >= 4 is 29.9 Å². The Kier molecular flexibility index (Phi) is 7.87. The van der Waals surface area contributed by atoms with Gasteiger partial charge in [0.1, 0.15) is 0 Å². The van der Waals surface area contributed by atoms with Crippen molar-refractivity contribution < 1.29 is 9.32 Å². The topological polar surface area (TPSA) is 71.3 Å². The van der Waals surface area contributed by atoms with Gasteiger partial charge < -0.3 is 14.7 Å². The van der Waals surface area contributed by atoms with Crippen LogP contribution in [0, 0.1) is 0 Å². The van der Waals surface area contributed by atoms with E-state index in [-0.39, 0.29) is 18.3 Å². The molecule has 1 aliphatic rings. The van der Waals surface area contributed by atoms with E-state index in [4.69, 9.17) is 16.1 Å². The predicted octanol–water partition coefficient (Wildman–Crippen LogP) is 3.34. The summed E-state index contributed by atoms with van der Waals surface area (Å²) < 4.78 is 5.28. The monoisotopic (exact) mass is 398 g/mol. The summed E-state index contributed by atoms with van der Waals surface area (Å²) in [6.07, 6.45) is 3.86. The molecule has 0 bridgehead atoms. The first-order chi connectivity index (χ1) is 12.1. The molecular formula is C18H24Cl2N4O2. The van der Waals surface area contributed by atoms with Gasteiger partial charge in [0.05, 0.1) is 0 Å². The van der Waals surface area contributed by atoms with Gasteiger partial charge in [-0.2, -0.15) is 4.98 Å². The van der Waals surface area contributed by atoms with E-state index in [2.05, 4.69) is 15.5 Å². The molecule has 3 rings (SSSR count). The lowest BCUT2D eigenvalue weighted by molar-refractivity contribution is -0.132. The number of piperidine rings is 1. The number of benzene rings is 1. The molecular weight excluding hydrogens is 375 g/mol. The van der Waals surface area contributed by atoms with Crippen molar-refractivity contribution in [1.29, 1.82) is 0 Å². The number of aryl methyl sites for hydroxylation is 1. The van der Waals surface area contributed by atoms with Gasteiger partial charge in [0.2, 0.25) is 17.6 Å². The van der Waals surface area contributed by atoms with Crippen molar-refractivity contribution in [2.75, 3.05) is 20.1 Å². The molecule has 0 spiro atoms. The Hall–Kier alpha value is -1.63. The van der Waals surface area contributed by atoms with Crippen molar-refractivity contribution in [2.24, 2.45) is 0 Å². The van der Waals surface area contributed by atoms with Crippen molar-refractivity contribution in [2.45, 2.75) is 38.1 Å². The van der Waals surface area contributed by atoms with Gasteiger partial charge in [-0.1, -0.05) is 16.8 Å². The fourth-order valence-electron chi connectivity index (χ4n) is 3.04. The van der Waals surface area contributed by atoms with E-state index in [1.807, 2.05) is 24.1 Å². The summed E-state index contributed by atoms with van der Waals surface area (Å²) in [5, 5.41) is 7.98. The number of hydrogen-bond donors (Lipinski definition) is 1. The summed E-state index contributed by atoms with van der Waals surface area (Å²) in [5.74, 6) is 1.29. The molecule has 8 heteroatoms. The third-order valence-corrected chi connectivity index (χ3v) is 4.85. The summed E-state index contributed by atoms with van der Waals surface area (Å²) >= 11 is 5.88. The molecule has 26 heavy (non-hydrogen) atoms. The van der Waals surface area contributed by atoms with E-state index in [1.54, 1.807) is 12.1 Å². The van der Waals surface area contributed by atoms with Gasteiger partial charge in [-0.05, 0) is 56.6 Å². The fourth-order valence-corrected chi connectivity index (χ4v) is 3.16. The lowest BCUT2D eigenvalue weighted by Crippen LogP contribution is -2.43. The molecule has 0 radical (unpaired) electrons. The van der Waals surface area contributed by atoms with Gasteiger partial charge in [0.25, 0.3) is 0 Å². The van der Waals surface area contributed by atoms with Crippen LogP contribution < -0.4 is 5.32 Å². The van der Waals surface area contributed by atoms with E-state index in [0.29, 0.717) is 42.0 Å². The maximum atomic E-state index is 12.3. The van der Waals surface area contributed by atoms with Crippen molar-refractivity contribution in [1.82, 2.24) is 20.4 Å². The summed E-state index contributed by atoms with van der Waals surface area (Å²) in [4.78, 5) is 18.6. The lowest BCUT2D eigenvalue weighted by Gasteiger charge is -2.31. The van der Waals surface area contributed by atoms with Gasteiger partial charge in [0, 0.05) is 36.5 Å². The summed E-state index contributed by atoms with van der Waals surface area (Å²) in [7, 11) is 1.91. The molecule has 1 fully saturated rings. The molecule has 0 atom stereocenters. The van der Waals surface area contributed by atoms with Gasteiger partial charge in [-0.15, -0.1) is 12.4 Å². The Bertz CT molecular complexity index is 699. The van der Waals surface area contributed by atoms with Crippen LogP contribution >= 0.6 is 24.0 Å². The number of nitrogens with zero attached hydrogens (tertiary/aromatic N) is 3. The highest BCUT2D eigenvalue weighted by Crippen LogP contribution is 2.19. The molecule has 1 aliphatic heterocycles. The van der Waals surface area contributed by atoms with E-state index in [0.717, 1.165) is 31.5 Å². The van der Waals surface area contributed by atoms with Crippen LogP contribution in [0.4, 0.5) is 0 Å². The molecule has 142 valence electrons. The second kappa shape index (κ2) is 9.90. The number of rotatable bonds is 6. The highest BCUT2D eigenvalue weighted by molar-refractivity contribution is 6.30. The maximum absolute atomic E-state index is 12.3. The first-order valence-corrected chi connectivity index (χ1v) is 9.06. The first-order valence-electron chi connectivity index (χ1n) is 8.68. The smallest absolute Gasteiger partial charge is 0.226 e. The van der Waals surface area contributed by atoms with E-state index in [9.17, 15) is 4.79 Å². The second-order valence-corrected chi connectivity index (χ2v) is 6.79. The van der Waals surface area contributed by atoms with E-state index in [1.165, 1.54) is 0 Å². The highest BCUT2D eigenvalue weighted by atomic mass is 35.5. The third-order valence-electron chi connectivity index (χ3n) is 4.60. The summed E-state index contributed by atoms with van der Waals surface area (Å²) in [6, 6.07) is 7.65. The standard InChI is InChI=1S/C18H23ClN4O2.ClH/c1-23(15-9-11-20-12-10-15)17(24)4-2-3-16-21-18(22-25-16)13-5-7-14(19)8-6-13;/h5-8,15,20H,2-4,9-12H2,1H3;1H. The minimum atomic E-state index is 0. The number of carbonyl (C=O) groups excluding carboxylic acids is 1. The number of hydrogen-bond acceptors (Lipinski definition) is 5. The summed E-state index contributed by atoms with van der Waals surface area (Å²) in [5.41, 5.74) is 0.862. The molecule has 2 heterocycles. The number of halogens is 2. The third kappa shape index (κ3) is 5.43. The molecule has 0 aliphatic carbocycles. The SMILES string of the molecule is CN(C(=O)CCCc1nc(-c2ccc(Cl)cc2)no1)C1CCNCC1.Cl. The van der Waals surface area contributed by atoms with Crippen LogP contribution in [0.3, 0.4) is 0 Å². The van der Waals surface area contributed by atoms with Crippen LogP contribution in [0.1, 0.15) is 31.6 Å². The Labute approximate surface area is 164 Å². The van der Waals surface area contributed by atoms with Crippen LogP contribution in [0.5, 0.6) is 0 Å². The average Bonchev–Trinajstić information content (AvgIpc) is 3.11. The highest BCUT2D eigenvalue weighted by Gasteiger charge is 2.21. The van der Waals surface area contributed by atoms with Gasteiger partial charge in [0.15, 0.2) is 0 Å². The molecule has 1 aromatic carbocycles. The van der Waals surface area contributed by atoms with Gasteiger partial charge in [-0.3, -0.25) is 4.79 Å². The number of carbonyl (C=O) groups is 1. The minimum absolute atomic E-state index is 0. The maximum Gasteiger partial charge on any atom is 0.226 e. The summed E-state index contributed by atoms with van der Waals surface area (Å²) in [6.45, 7) is 1.97. The zero-order valence-electron chi connectivity index (χ0n) is 14.8. The zero-order valence-corrected chi connectivity index (χ0v) is 16.4. The molecule has 1 aromatic heterocycles. The predicted molar refractivity (Wildman–Crippen MR) is 104 cm³/mol. The molecule has 1 N–H and O–H groups in total. The Balaban J connectivity index is 0.00000243. The number of amides is 1. The minimum Gasteiger partial charge on any atom is -0.343 e. The van der Waals surface area contributed by atoms with Crippen LogP contribution in [0.2, 0.25) is 5.02 Å². The molecule has 6 nitrogen and oxygen atoms in total. The van der Waals surface area contributed by atoms with E-state index >= 15 is 0 Å². The molecule has 0 unspecified atom stereocenters. The van der Waals surface area contributed by atoms with Crippen LogP contribution in [0.15, 0.2) is 28.8 Å². The average molecular weight is 399 g/mol. The first kappa shape index (κ1) is 20.7. The normalized spacial score (nSPS) is 14.7. The van der Waals surface area contributed by atoms with Crippen LogP contribution in [-0.2, 0) is 11.2 Å². The zero-order chi connectivity index (χ0) is 17.6. The quantitative estimate of drug-likeness (QED) is 0.807. The van der Waals surface area contributed by atoms with Crippen molar-refractivity contribution in [3.8, 4) is 11.4 Å². The van der Waals surface area contributed by atoms with E-state index < -0.39 is 0 Å². The number of nitrogens with one attached hydrogen (secondary N) is 1. The van der Waals surface area contributed by atoms with Gasteiger partial charge in [-0.25, -0.2) is 0 Å². The Morgan fingerprint density at radius 1 is 1.31 bits per heavy atom. The lowest BCUT2D eigenvalue weighted by atomic mass is 10.0. The Morgan fingerprint density at radius 3 is 2.69 bits per heavy atom. The molecule has 0 saturated carbocycles. The molecule has 1 amide bonds. The van der Waals surface area contributed by atoms with Crippen LogP contribution in [0.25, 0.3) is 11.4 Å². The van der Waals surface area contributed by atoms with Crippen molar-refractivity contribution in [3.05, 3.63) is 35.2 Å². The van der Waals surface area contributed by atoms with Crippen LogP contribution in [-0.4, -0.2) is 47.1 Å². The fraction of sp³-hybridized carbons (Fsp3) is 0.500. The largest absolute Gasteiger partial charge is 0.343 e. The van der Waals surface area contributed by atoms with Crippen molar-refractivity contribution in [3.63, 3.8) is 0 Å². The number of aromatic nitrogens is 2. The second-order valence-electron chi connectivity index (χ2n) is 6.36. The molecule has 1 saturated heterocycles. The molecule has 2 aromatic rings.